The molecule has 0 aromatic rings. The van der Waals surface area contributed by atoms with Crippen molar-refractivity contribution in [1.82, 2.24) is 4.90 Å². The minimum absolute atomic E-state index is 0.198. The SMILES string of the molecule is CCCC1CCCN(C(=O)C2CCC(C)C(N)C2)CC1. The van der Waals surface area contributed by atoms with E-state index in [4.69, 9.17) is 5.73 Å². The molecule has 2 aliphatic rings. The van der Waals surface area contributed by atoms with E-state index in [0.29, 0.717) is 11.8 Å². The van der Waals surface area contributed by atoms with Gasteiger partial charge in [-0.25, -0.2) is 0 Å². The summed E-state index contributed by atoms with van der Waals surface area (Å²) in [6.45, 7) is 6.43. The van der Waals surface area contributed by atoms with Crippen molar-refractivity contribution in [2.75, 3.05) is 13.1 Å². The summed E-state index contributed by atoms with van der Waals surface area (Å²) in [7, 11) is 0. The van der Waals surface area contributed by atoms with Crippen molar-refractivity contribution in [1.29, 1.82) is 0 Å². The number of carbonyl (C=O) groups is 1. The molecule has 116 valence electrons. The summed E-state index contributed by atoms with van der Waals surface area (Å²) in [6, 6.07) is 0.220. The van der Waals surface area contributed by atoms with Gasteiger partial charge in [0.15, 0.2) is 0 Å². The van der Waals surface area contributed by atoms with Crippen molar-refractivity contribution in [2.24, 2.45) is 23.5 Å². The van der Waals surface area contributed by atoms with Crippen LogP contribution in [0.25, 0.3) is 0 Å². The minimum Gasteiger partial charge on any atom is -0.342 e. The number of nitrogens with zero attached hydrogens (tertiary/aromatic N) is 1. The van der Waals surface area contributed by atoms with Crippen LogP contribution in [-0.4, -0.2) is 29.9 Å². The van der Waals surface area contributed by atoms with Crippen LogP contribution in [0.4, 0.5) is 0 Å². The highest BCUT2D eigenvalue weighted by Gasteiger charge is 2.32. The molecule has 2 N–H and O–H groups in total. The van der Waals surface area contributed by atoms with Gasteiger partial charge < -0.3 is 10.6 Å². The molecule has 4 unspecified atom stereocenters. The van der Waals surface area contributed by atoms with Gasteiger partial charge in [-0.2, -0.15) is 0 Å². The number of carbonyl (C=O) groups excluding carboxylic acids is 1. The first-order valence-corrected chi connectivity index (χ1v) is 8.66. The minimum atomic E-state index is 0.198. The zero-order valence-corrected chi connectivity index (χ0v) is 13.3. The normalized spacial score (nSPS) is 35.6. The third-order valence-corrected chi connectivity index (χ3v) is 5.46. The predicted molar refractivity (Wildman–Crippen MR) is 83.3 cm³/mol. The summed E-state index contributed by atoms with van der Waals surface area (Å²) in [4.78, 5) is 14.8. The quantitative estimate of drug-likeness (QED) is 0.863. The molecule has 2 fully saturated rings. The fourth-order valence-electron chi connectivity index (χ4n) is 3.92. The number of nitrogens with two attached hydrogens (primary N) is 1. The Morgan fingerprint density at radius 3 is 2.70 bits per heavy atom. The Morgan fingerprint density at radius 2 is 2.00 bits per heavy atom. The fraction of sp³-hybridized carbons (Fsp3) is 0.941. The van der Waals surface area contributed by atoms with Crippen molar-refractivity contribution < 1.29 is 4.79 Å². The molecular weight excluding hydrogens is 248 g/mol. The van der Waals surface area contributed by atoms with Gasteiger partial charge in [0, 0.05) is 25.0 Å². The van der Waals surface area contributed by atoms with E-state index in [1.165, 1.54) is 32.1 Å². The van der Waals surface area contributed by atoms with Crippen LogP contribution in [-0.2, 0) is 4.79 Å². The van der Waals surface area contributed by atoms with Crippen molar-refractivity contribution in [3.05, 3.63) is 0 Å². The van der Waals surface area contributed by atoms with Crippen molar-refractivity contribution >= 4 is 5.91 Å². The average Bonchev–Trinajstić information content (AvgIpc) is 2.67. The first kappa shape index (κ1) is 15.8. The summed E-state index contributed by atoms with van der Waals surface area (Å²) in [5.41, 5.74) is 6.16. The second kappa shape index (κ2) is 7.44. The van der Waals surface area contributed by atoms with Gasteiger partial charge in [-0.15, -0.1) is 0 Å². The Morgan fingerprint density at radius 1 is 1.20 bits per heavy atom. The van der Waals surface area contributed by atoms with E-state index in [1.807, 2.05) is 0 Å². The Bertz CT molecular complexity index is 318. The Hall–Kier alpha value is -0.570. The van der Waals surface area contributed by atoms with Crippen LogP contribution in [0.1, 0.15) is 65.2 Å². The predicted octanol–water partition coefficient (Wildman–Crippen LogP) is 3.18. The standard InChI is InChI=1S/C17H32N2O/c1-3-5-14-6-4-10-19(11-9-14)17(20)15-8-7-13(2)16(18)12-15/h13-16H,3-12,18H2,1-2H3. The zero-order chi connectivity index (χ0) is 14.5. The maximum atomic E-state index is 12.7. The summed E-state index contributed by atoms with van der Waals surface area (Å²) in [6.07, 6.45) is 9.35. The van der Waals surface area contributed by atoms with Gasteiger partial charge in [0.25, 0.3) is 0 Å². The van der Waals surface area contributed by atoms with Gasteiger partial charge in [0.05, 0.1) is 0 Å². The molecular formula is C17H32N2O. The van der Waals surface area contributed by atoms with Crippen molar-refractivity contribution in [3.63, 3.8) is 0 Å². The molecule has 4 atom stereocenters. The molecule has 0 radical (unpaired) electrons. The van der Waals surface area contributed by atoms with Crippen LogP contribution < -0.4 is 5.73 Å². The molecule has 1 aliphatic carbocycles. The van der Waals surface area contributed by atoms with Crippen molar-refractivity contribution in [3.8, 4) is 0 Å². The molecule has 0 aromatic heterocycles. The number of rotatable bonds is 3. The van der Waals surface area contributed by atoms with Gasteiger partial charge in [-0.1, -0.05) is 26.7 Å². The van der Waals surface area contributed by atoms with Crippen LogP contribution in [0.3, 0.4) is 0 Å². The highest BCUT2D eigenvalue weighted by Crippen LogP contribution is 2.30. The van der Waals surface area contributed by atoms with Crippen LogP contribution in [0.5, 0.6) is 0 Å². The van der Waals surface area contributed by atoms with Crippen molar-refractivity contribution in [2.45, 2.75) is 71.3 Å². The lowest BCUT2D eigenvalue weighted by molar-refractivity contribution is -0.137. The van der Waals surface area contributed by atoms with Crippen LogP contribution in [0.15, 0.2) is 0 Å². The van der Waals surface area contributed by atoms with E-state index < -0.39 is 0 Å². The first-order valence-electron chi connectivity index (χ1n) is 8.66. The molecule has 0 bridgehead atoms. The molecule has 1 saturated heterocycles. The lowest BCUT2D eigenvalue weighted by Gasteiger charge is -2.34. The molecule has 1 aliphatic heterocycles. The fourth-order valence-corrected chi connectivity index (χ4v) is 3.92. The third kappa shape index (κ3) is 3.97. The van der Waals surface area contributed by atoms with Gasteiger partial charge in [0.2, 0.25) is 5.91 Å². The Balaban J connectivity index is 1.86. The number of hydrogen-bond donors (Lipinski definition) is 1. The highest BCUT2D eigenvalue weighted by molar-refractivity contribution is 5.79. The lowest BCUT2D eigenvalue weighted by atomic mass is 9.79. The molecule has 1 amide bonds. The van der Waals surface area contributed by atoms with Gasteiger partial charge >= 0.3 is 0 Å². The maximum absolute atomic E-state index is 12.7. The molecule has 3 nitrogen and oxygen atoms in total. The van der Waals surface area contributed by atoms with Crippen LogP contribution in [0, 0.1) is 17.8 Å². The Kier molecular flexibility index (Phi) is 5.88. The van der Waals surface area contributed by atoms with Gasteiger partial charge in [-0.05, 0) is 50.4 Å². The Labute approximate surface area is 124 Å². The summed E-state index contributed by atoms with van der Waals surface area (Å²) < 4.78 is 0. The van der Waals surface area contributed by atoms with E-state index >= 15 is 0 Å². The third-order valence-electron chi connectivity index (χ3n) is 5.46. The molecule has 3 heteroatoms. The second-order valence-corrected chi connectivity index (χ2v) is 7.06. The average molecular weight is 280 g/mol. The van der Waals surface area contributed by atoms with Gasteiger partial charge in [0.1, 0.15) is 0 Å². The molecule has 1 saturated carbocycles. The number of likely N-dealkylation sites (tertiary alicyclic amines) is 1. The maximum Gasteiger partial charge on any atom is 0.225 e. The second-order valence-electron chi connectivity index (χ2n) is 7.06. The monoisotopic (exact) mass is 280 g/mol. The zero-order valence-electron chi connectivity index (χ0n) is 13.3. The van der Waals surface area contributed by atoms with E-state index in [9.17, 15) is 4.79 Å². The molecule has 2 rings (SSSR count). The highest BCUT2D eigenvalue weighted by atomic mass is 16.2. The molecule has 0 spiro atoms. The molecule has 1 heterocycles. The van der Waals surface area contributed by atoms with Crippen LogP contribution in [0.2, 0.25) is 0 Å². The van der Waals surface area contributed by atoms with E-state index in [0.717, 1.165) is 38.3 Å². The van der Waals surface area contributed by atoms with Crippen LogP contribution >= 0.6 is 0 Å². The number of amides is 1. The van der Waals surface area contributed by atoms with E-state index in [-0.39, 0.29) is 12.0 Å². The summed E-state index contributed by atoms with van der Waals surface area (Å²) in [5.74, 6) is 2.01. The molecule has 20 heavy (non-hydrogen) atoms. The summed E-state index contributed by atoms with van der Waals surface area (Å²) >= 11 is 0. The van der Waals surface area contributed by atoms with E-state index in [1.54, 1.807) is 0 Å². The number of hydrogen-bond acceptors (Lipinski definition) is 2. The van der Waals surface area contributed by atoms with Gasteiger partial charge in [-0.3, -0.25) is 4.79 Å². The molecule has 0 aromatic carbocycles. The largest absolute Gasteiger partial charge is 0.342 e. The first-order chi connectivity index (χ1) is 9.61. The smallest absolute Gasteiger partial charge is 0.225 e. The lowest BCUT2D eigenvalue weighted by Crippen LogP contribution is -2.43. The summed E-state index contributed by atoms with van der Waals surface area (Å²) in [5, 5.41) is 0. The van der Waals surface area contributed by atoms with E-state index in [2.05, 4.69) is 18.7 Å². The topological polar surface area (TPSA) is 46.3 Å².